The van der Waals surface area contributed by atoms with Crippen LogP contribution in [-0.2, 0) is 13.6 Å². The fourth-order valence-electron chi connectivity index (χ4n) is 3.09. The third-order valence-electron chi connectivity index (χ3n) is 4.45. The lowest BCUT2D eigenvalue weighted by atomic mass is 10.1. The van der Waals surface area contributed by atoms with Crippen molar-refractivity contribution in [1.29, 1.82) is 0 Å². The molecule has 2 heterocycles. The molecule has 132 valence electrons. The second kappa shape index (κ2) is 7.04. The van der Waals surface area contributed by atoms with E-state index >= 15 is 0 Å². The first kappa shape index (κ1) is 17.1. The topological polar surface area (TPSA) is 64.3 Å². The van der Waals surface area contributed by atoms with Crippen LogP contribution in [0.2, 0.25) is 0 Å². The molecule has 1 aliphatic rings. The lowest BCUT2D eigenvalue weighted by Gasteiger charge is -2.26. The summed E-state index contributed by atoms with van der Waals surface area (Å²) in [7, 11) is 1.39. The maximum absolute atomic E-state index is 13.6. The summed E-state index contributed by atoms with van der Waals surface area (Å²) in [5, 5.41) is 0. The van der Waals surface area contributed by atoms with E-state index in [2.05, 4.69) is 0 Å². The quantitative estimate of drug-likeness (QED) is 0.844. The van der Waals surface area contributed by atoms with E-state index in [0.29, 0.717) is 11.1 Å². The van der Waals surface area contributed by atoms with Crippen LogP contribution in [0.1, 0.15) is 35.2 Å². The van der Waals surface area contributed by atoms with Crippen LogP contribution in [0, 0.1) is 5.82 Å². The van der Waals surface area contributed by atoms with Gasteiger partial charge in [-0.15, -0.1) is 0 Å². The van der Waals surface area contributed by atoms with Gasteiger partial charge in [0.2, 0.25) is 5.82 Å². The van der Waals surface area contributed by atoms with Gasteiger partial charge in [-0.25, -0.2) is 4.79 Å². The van der Waals surface area contributed by atoms with Gasteiger partial charge in [0, 0.05) is 31.9 Å². The van der Waals surface area contributed by atoms with E-state index < -0.39 is 17.1 Å². The van der Waals surface area contributed by atoms with E-state index in [1.165, 1.54) is 7.05 Å². The number of hydrogen-bond acceptors (Lipinski definition) is 3. The molecule has 0 N–H and O–H groups in total. The Morgan fingerprint density at radius 3 is 2.60 bits per heavy atom. The standard InChI is InChI=1S/C18H20FN3O3/c1-20-12-15(19)17(24)22(18(20)25)11-13-6-5-7-14(10-13)16(23)21-8-3-2-4-9-21/h5-7,10,12H,2-4,8-9,11H2,1H3. The van der Waals surface area contributed by atoms with E-state index in [-0.39, 0.29) is 12.5 Å². The monoisotopic (exact) mass is 345 g/mol. The van der Waals surface area contributed by atoms with Gasteiger partial charge < -0.3 is 9.47 Å². The lowest BCUT2D eigenvalue weighted by Crippen LogP contribution is -2.40. The second-order valence-corrected chi connectivity index (χ2v) is 6.32. The van der Waals surface area contributed by atoms with Crippen molar-refractivity contribution in [3.8, 4) is 0 Å². The number of hydrogen-bond donors (Lipinski definition) is 0. The highest BCUT2D eigenvalue weighted by Gasteiger charge is 2.18. The normalized spacial score (nSPS) is 14.6. The summed E-state index contributed by atoms with van der Waals surface area (Å²) in [4.78, 5) is 38.4. The van der Waals surface area contributed by atoms with Crippen LogP contribution in [-0.4, -0.2) is 33.0 Å². The molecule has 0 aliphatic carbocycles. The van der Waals surface area contributed by atoms with E-state index in [0.717, 1.165) is 47.7 Å². The minimum atomic E-state index is -0.984. The van der Waals surface area contributed by atoms with Crippen molar-refractivity contribution < 1.29 is 9.18 Å². The first-order valence-electron chi connectivity index (χ1n) is 8.31. The third-order valence-corrected chi connectivity index (χ3v) is 4.45. The number of carbonyl (C=O) groups is 1. The molecule has 2 aromatic rings. The zero-order valence-electron chi connectivity index (χ0n) is 14.1. The Hall–Kier alpha value is -2.70. The summed E-state index contributed by atoms with van der Waals surface area (Å²) in [5.41, 5.74) is -0.441. The molecule has 1 aliphatic heterocycles. The largest absolute Gasteiger partial charge is 0.339 e. The van der Waals surface area contributed by atoms with Crippen molar-refractivity contribution in [2.45, 2.75) is 25.8 Å². The van der Waals surface area contributed by atoms with Gasteiger partial charge in [-0.2, -0.15) is 4.39 Å². The van der Waals surface area contributed by atoms with Crippen LogP contribution >= 0.6 is 0 Å². The van der Waals surface area contributed by atoms with Gasteiger partial charge in [0.25, 0.3) is 11.5 Å². The van der Waals surface area contributed by atoms with Crippen molar-refractivity contribution in [2.24, 2.45) is 7.05 Å². The summed E-state index contributed by atoms with van der Waals surface area (Å²) in [6, 6.07) is 6.80. The van der Waals surface area contributed by atoms with Gasteiger partial charge in [0.1, 0.15) is 0 Å². The molecule has 1 aromatic heterocycles. The Balaban J connectivity index is 1.89. The van der Waals surface area contributed by atoms with E-state index in [9.17, 15) is 18.8 Å². The fourth-order valence-corrected chi connectivity index (χ4v) is 3.09. The third kappa shape index (κ3) is 3.55. The Kier molecular flexibility index (Phi) is 4.83. The number of likely N-dealkylation sites (tertiary alicyclic amines) is 1. The summed E-state index contributed by atoms with van der Waals surface area (Å²) >= 11 is 0. The number of nitrogens with zero attached hydrogens (tertiary/aromatic N) is 3. The predicted octanol–water partition coefficient (Wildman–Crippen LogP) is 1.36. The average molecular weight is 345 g/mol. The minimum absolute atomic E-state index is 0.0546. The highest BCUT2D eigenvalue weighted by atomic mass is 19.1. The smallest absolute Gasteiger partial charge is 0.331 e. The van der Waals surface area contributed by atoms with Crippen molar-refractivity contribution in [2.75, 3.05) is 13.1 Å². The Morgan fingerprint density at radius 2 is 1.88 bits per heavy atom. The summed E-state index contributed by atoms with van der Waals surface area (Å²) in [6.07, 6.45) is 4.01. The molecule has 1 fully saturated rings. The molecule has 1 saturated heterocycles. The first-order chi connectivity index (χ1) is 12.0. The molecule has 0 atom stereocenters. The van der Waals surface area contributed by atoms with Crippen LogP contribution in [0.5, 0.6) is 0 Å². The van der Waals surface area contributed by atoms with Crippen molar-refractivity contribution in [3.05, 3.63) is 68.2 Å². The molecule has 0 unspecified atom stereocenters. The lowest BCUT2D eigenvalue weighted by molar-refractivity contribution is 0.0724. The molecule has 25 heavy (non-hydrogen) atoms. The molecule has 0 bridgehead atoms. The highest BCUT2D eigenvalue weighted by Crippen LogP contribution is 2.14. The van der Waals surface area contributed by atoms with Crippen molar-refractivity contribution >= 4 is 5.91 Å². The zero-order chi connectivity index (χ0) is 18.0. The summed E-state index contributed by atoms with van der Waals surface area (Å²) in [5.74, 6) is -1.04. The number of piperidine rings is 1. The number of benzene rings is 1. The predicted molar refractivity (Wildman–Crippen MR) is 91.2 cm³/mol. The van der Waals surface area contributed by atoms with E-state index in [1.54, 1.807) is 24.3 Å². The van der Waals surface area contributed by atoms with E-state index in [1.807, 2.05) is 4.90 Å². The van der Waals surface area contributed by atoms with Gasteiger partial charge in [-0.3, -0.25) is 14.2 Å². The van der Waals surface area contributed by atoms with E-state index in [4.69, 9.17) is 0 Å². The Labute approximate surface area is 144 Å². The average Bonchev–Trinajstić information content (AvgIpc) is 2.64. The van der Waals surface area contributed by atoms with Crippen molar-refractivity contribution in [3.63, 3.8) is 0 Å². The Morgan fingerprint density at radius 1 is 1.16 bits per heavy atom. The van der Waals surface area contributed by atoms with Gasteiger partial charge in [-0.1, -0.05) is 12.1 Å². The number of amides is 1. The van der Waals surface area contributed by atoms with Gasteiger partial charge in [-0.05, 0) is 37.0 Å². The molecule has 0 saturated carbocycles. The summed E-state index contributed by atoms with van der Waals surface area (Å²) in [6.45, 7) is 1.41. The SMILES string of the molecule is Cn1cc(F)c(=O)n(Cc2cccc(C(=O)N3CCCCC3)c2)c1=O. The Bertz CT molecular complexity index is 876. The minimum Gasteiger partial charge on any atom is -0.339 e. The molecule has 3 rings (SSSR count). The molecular weight excluding hydrogens is 325 g/mol. The van der Waals surface area contributed by atoms with Crippen molar-refractivity contribution in [1.82, 2.24) is 14.0 Å². The second-order valence-electron chi connectivity index (χ2n) is 6.32. The highest BCUT2D eigenvalue weighted by molar-refractivity contribution is 5.94. The molecule has 1 aromatic carbocycles. The zero-order valence-corrected chi connectivity index (χ0v) is 14.1. The number of carbonyl (C=O) groups excluding carboxylic acids is 1. The number of rotatable bonds is 3. The number of halogens is 1. The number of aromatic nitrogens is 2. The maximum atomic E-state index is 13.6. The fraction of sp³-hybridized carbons (Fsp3) is 0.389. The van der Waals surface area contributed by atoms with Crippen LogP contribution in [0.4, 0.5) is 4.39 Å². The van der Waals surface area contributed by atoms with Gasteiger partial charge >= 0.3 is 5.69 Å². The van der Waals surface area contributed by atoms with Crippen LogP contribution in [0.25, 0.3) is 0 Å². The van der Waals surface area contributed by atoms with Gasteiger partial charge in [0.05, 0.1) is 6.54 Å². The molecule has 6 nitrogen and oxygen atoms in total. The molecule has 0 radical (unpaired) electrons. The molecule has 7 heteroatoms. The van der Waals surface area contributed by atoms with Gasteiger partial charge in [0.15, 0.2) is 0 Å². The first-order valence-corrected chi connectivity index (χ1v) is 8.31. The van der Waals surface area contributed by atoms with Crippen LogP contribution in [0.15, 0.2) is 40.1 Å². The van der Waals surface area contributed by atoms with Crippen LogP contribution in [0.3, 0.4) is 0 Å². The maximum Gasteiger partial charge on any atom is 0.331 e. The molecule has 1 amide bonds. The molecular formula is C18H20FN3O3. The van der Waals surface area contributed by atoms with Crippen LogP contribution < -0.4 is 11.2 Å². The molecule has 0 spiro atoms. The summed E-state index contributed by atoms with van der Waals surface area (Å²) < 4.78 is 15.5. The number of aryl methyl sites for hydroxylation is 1.